The Labute approximate surface area is 278 Å². The van der Waals surface area contributed by atoms with Gasteiger partial charge in [-0.15, -0.1) is 0 Å². The number of ketones is 1. The van der Waals surface area contributed by atoms with E-state index in [4.69, 9.17) is 28.1 Å². The van der Waals surface area contributed by atoms with Gasteiger partial charge in [-0.2, -0.15) is 0 Å². The van der Waals surface area contributed by atoms with Gasteiger partial charge in [0.05, 0.1) is 42.7 Å². The van der Waals surface area contributed by atoms with Gasteiger partial charge >= 0.3 is 17.9 Å². The average molecular weight is 675 g/mol. The van der Waals surface area contributed by atoms with Gasteiger partial charge in [-0.1, -0.05) is 27.7 Å². The van der Waals surface area contributed by atoms with Crippen LogP contribution >= 0.6 is 0 Å². The number of ether oxygens (including phenoxy) is 5. The first-order valence-corrected chi connectivity index (χ1v) is 16.9. The zero-order chi connectivity index (χ0) is 34.9. The molecule has 13 heteroatoms. The van der Waals surface area contributed by atoms with E-state index in [0.717, 1.165) is 12.5 Å². The second-order valence-corrected chi connectivity index (χ2v) is 15.7. The van der Waals surface area contributed by atoms with Crippen LogP contribution in [0.15, 0.2) is 23.0 Å². The average Bonchev–Trinajstić information content (AvgIpc) is 3.39. The molecule has 2 saturated heterocycles. The zero-order valence-corrected chi connectivity index (χ0v) is 28.3. The summed E-state index contributed by atoms with van der Waals surface area (Å²) >= 11 is 0. The van der Waals surface area contributed by atoms with Crippen LogP contribution in [0, 0.1) is 39.4 Å². The van der Waals surface area contributed by atoms with Crippen LogP contribution in [0.2, 0.25) is 0 Å². The van der Waals surface area contributed by atoms with Crippen LogP contribution < -0.4 is 0 Å². The Hall–Kier alpha value is -2.84. The van der Waals surface area contributed by atoms with E-state index in [0.29, 0.717) is 12.8 Å². The van der Waals surface area contributed by atoms with E-state index in [1.807, 2.05) is 13.8 Å². The van der Waals surface area contributed by atoms with Gasteiger partial charge in [-0.25, -0.2) is 0 Å². The summed E-state index contributed by atoms with van der Waals surface area (Å²) in [6, 6.07) is 1.80. The van der Waals surface area contributed by atoms with Crippen LogP contribution in [0.5, 0.6) is 0 Å². The number of fused-ring (bicyclic) bond motifs is 1. The highest BCUT2D eigenvalue weighted by Gasteiger charge is 2.92. The molecule has 4 aliphatic carbocycles. The standard InChI is InChI=1S/C35H46O13/c1-8-15(2)29(42)47-30-31(5)20-12-21(38)33(7)25(34(20,14-44-30)27(41)24(45-16(3)36)28(31)46-17(4)37)23(39)26(40)32(6)19(18-9-10-43-13-18)11-22-35(32,33)48-22/h9-10,13,15,19-22,24-28,30,38,40-41H,8,11-12,14H2,1-7H3/t15-,19+,20+,21-,22-,24-,25?,26+,27+,28-,30-,31-,32-,33+,34-,35-/m1/s1. The lowest BCUT2D eigenvalue weighted by molar-refractivity contribution is -0.391. The first-order chi connectivity index (χ1) is 22.5. The molecular weight excluding hydrogens is 628 g/mol. The molecule has 1 spiro atoms. The largest absolute Gasteiger partial charge is 0.472 e. The third-order valence-corrected chi connectivity index (χ3v) is 13.9. The topological polar surface area (TPSA) is 192 Å². The van der Waals surface area contributed by atoms with Gasteiger partial charge in [0.25, 0.3) is 0 Å². The molecule has 7 rings (SSSR count). The molecule has 13 nitrogen and oxygen atoms in total. The molecule has 1 unspecified atom stereocenters. The molecule has 3 heterocycles. The highest BCUT2D eigenvalue weighted by Crippen LogP contribution is 2.82. The van der Waals surface area contributed by atoms with E-state index in [1.54, 1.807) is 33.1 Å². The summed E-state index contributed by atoms with van der Waals surface area (Å²) in [5, 5.41) is 37.2. The fourth-order valence-electron chi connectivity index (χ4n) is 11.6. The number of rotatable bonds is 6. The third-order valence-electron chi connectivity index (χ3n) is 13.9. The Kier molecular flexibility index (Phi) is 7.42. The van der Waals surface area contributed by atoms with E-state index in [9.17, 15) is 29.7 Å². The second kappa shape index (κ2) is 10.6. The highest BCUT2D eigenvalue weighted by molar-refractivity contribution is 5.91. The number of aliphatic hydroxyl groups is 3. The molecule has 6 aliphatic rings. The monoisotopic (exact) mass is 674 g/mol. The molecule has 264 valence electrons. The zero-order valence-electron chi connectivity index (χ0n) is 28.3. The molecule has 1 aromatic heterocycles. The Balaban J connectivity index is 1.42. The van der Waals surface area contributed by atoms with Gasteiger partial charge < -0.3 is 43.4 Å². The second-order valence-electron chi connectivity index (χ2n) is 15.7. The molecule has 0 radical (unpaired) electrons. The summed E-state index contributed by atoms with van der Waals surface area (Å²) < 4.78 is 35.9. The Morgan fingerprint density at radius 2 is 1.71 bits per heavy atom. The molecule has 3 N–H and O–H groups in total. The van der Waals surface area contributed by atoms with Crippen molar-refractivity contribution < 1.29 is 62.6 Å². The van der Waals surface area contributed by atoms with Crippen molar-refractivity contribution in [3.05, 3.63) is 24.2 Å². The van der Waals surface area contributed by atoms with E-state index in [1.165, 1.54) is 13.2 Å². The number of carbonyl (C=O) groups excluding carboxylic acids is 4. The van der Waals surface area contributed by atoms with Gasteiger partial charge in [0.2, 0.25) is 6.29 Å². The van der Waals surface area contributed by atoms with Crippen molar-refractivity contribution in [1.29, 1.82) is 0 Å². The third kappa shape index (κ3) is 3.74. The van der Waals surface area contributed by atoms with Crippen molar-refractivity contribution >= 4 is 23.7 Å². The maximum atomic E-state index is 15.0. The Morgan fingerprint density at radius 3 is 2.31 bits per heavy atom. The van der Waals surface area contributed by atoms with Crippen LogP contribution in [0.1, 0.15) is 79.2 Å². The summed E-state index contributed by atoms with van der Waals surface area (Å²) in [5.74, 6) is -5.68. The summed E-state index contributed by atoms with van der Waals surface area (Å²) in [6.07, 6.45) is -5.09. The minimum absolute atomic E-state index is 0.0283. The summed E-state index contributed by atoms with van der Waals surface area (Å²) in [5.41, 5.74) is -6.04. The van der Waals surface area contributed by atoms with Crippen molar-refractivity contribution in [2.45, 2.75) is 122 Å². The Morgan fingerprint density at radius 1 is 1.02 bits per heavy atom. The maximum Gasteiger partial charge on any atom is 0.310 e. The van der Waals surface area contributed by atoms with Crippen LogP contribution in [-0.2, 0) is 42.9 Å². The van der Waals surface area contributed by atoms with Crippen LogP contribution in [0.3, 0.4) is 0 Å². The summed E-state index contributed by atoms with van der Waals surface area (Å²) in [7, 11) is 0. The van der Waals surface area contributed by atoms with Crippen molar-refractivity contribution in [2.24, 2.45) is 39.4 Å². The smallest absolute Gasteiger partial charge is 0.310 e. The number of hydrogen-bond acceptors (Lipinski definition) is 13. The van der Waals surface area contributed by atoms with Crippen molar-refractivity contribution in [2.75, 3.05) is 6.61 Å². The van der Waals surface area contributed by atoms with E-state index in [-0.39, 0.29) is 18.9 Å². The Bertz CT molecular complexity index is 1530. The normalized spacial score (nSPS) is 50.6. The van der Waals surface area contributed by atoms with E-state index in [2.05, 4.69) is 0 Å². The number of furan rings is 1. The summed E-state index contributed by atoms with van der Waals surface area (Å²) in [6.45, 7) is 10.8. The SMILES string of the molecule is CC[C@@H](C)C(=O)O[C@H]1OC[C@]23C4C(=O)[C@H](O)[C@@]5(C)[C@H](c6ccoc6)C[C@H]6O[C@]65[C@@]4(C)[C@H](O)C[C@H]2[C@]1(C)[C@H](OC(C)=O)[C@H](OC(C)=O)[C@@H]3O. The van der Waals surface area contributed by atoms with Gasteiger partial charge in [0.15, 0.2) is 18.0 Å². The molecule has 4 saturated carbocycles. The molecule has 0 amide bonds. The first-order valence-electron chi connectivity index (χ1n) is 16.9. The lowest BCUT2D eigenvalue weighted by Crippen LogP contribution is -2.84. The van der Waals surface area contributed by atoms with Crippen LogP contribution in [0.4, 0.5) is 0 Å². The minimum atomic E-state index is -1.66. The molecular formula is C35H46O13. The molecule has 2 aliphatic heterocycles. The number of carbonyl (C=O) groups is 4. The number of aliphatic hydroxyl groups excluding tert-OH is 3. The van der Waals surface area contributed by atoms with E-state index >= 15 is 4.79 Å². The van der Waals surface area contributed by atoms with Crippen LogP contribution in [-0.4, -0.2) is 94.1 Å². The van der Waals surface area contributed by atoms with Gasteiger partial charge in [-0.05, 0) is 43.7 Å². The van der Waals surface area contributed by atoms with E-state index < -0.39 is 112 Å². The van der Waals surface area contributed by atoms with Gasteiger partial charge in [-0.3, -0.25) is 19.2 Å². The van der Waals surface area contributed by atoms with Gasteiger partial charge in [0.1, 0.15) is 17.8 Å². The predicted octanol–water partition coefficient (Wildman–Crippen LogP) is 2.03. The fourth-order valence-corrected chi connectivity index (χ4v) is 11.6. The van der Waals surface area contributed by atoms with Crippen molar-refractivity contribution in [1.82, 2.24) is 0 Å². The molecule has 2 bridgehead atoms. The lowest BCUT2D eigenvalue weighted by Gasteiger charge is -2.73. The fraction of sp³-hybridized carbons (Fsp3) is 0.771. The van der Waals surface area contributed by atoms with Crippen molar-refractivity contribution in [3.8, 4) is 0 Å². The van der Waals surface area contributed by atoms with Gasteiger partial charge in [0, 0.05) is 41.9 Å². The predicted molar refractivity (Wildman–Crippen MR) is 161 cm³/mol. The molecule has 48 heavy (non-hydrogen) atoms. The van der Waals surface area contributed by atoms with Crippen molar-refractivity contribution in [3.63, 3.8) is 0 Å². The first kappa shape index (κ1) is 33.6. The molecule has 6 fully saturated rings. The molecule has 0 aromatic carbocycles. The molecule has 16 atom stereocenters. The van der Waals surface area contributed by atoms with Crippen LogP contribution in [0.25, 0.3) is 0 Å². The number of Topliss-reactive ketones (excluding diaryl/α,β-unsaturated/α-hetero) is 1. The minimum Gasteiger partial charge on any atom is -0.472 e. The maximum absolute atomic E-state index is 15.0. The lowest BCUT2D eigenvalue weighted by atomic mass is 9.33. The molecule has 1 aromatic rings. The highest BCUT2D eigenvalue weighted by atomic mass is 16.7. The quantitative estimate of drug-likeness (QED) is 0.226. The summed E-state index contributed by atoms with van der Waals surface area (Å²) in [4.78, 5) is 53.5. The number of esters is 3. The number of hydrogen-bond donors (Lipinski definition) is 3. The number of epoxide rings is 1.